The Morgan fingerprint density at radius 2 is 1.50 bits per heavy atom. The Morgan fingerprint density at radius 1 is 0.933 bits per heavy atom. The largest absolute Gasteiger partial charge is 0.345 e. The summed E-state index contributed by atoms with van der Waals surface area (Å²) in [6.45, 7) is 5.69. The summed E-state index contributed by atoms with van der Waals surface area (Å²) in [7, 11) is 0. The lowest BCUT2D eigenvalue weighted by Crippen LogP contribution is -2.55. The quantitative estimate of drug-likeness (QED) is 0.351. The second kappa shape index (κ2) is 16.1. The van der Waals surface area contributed by atoms with E-state index < -0.39 is 18.1 Å². The smallest absolute Gasteiger partial charge is 0.243 e. The lowest BCUT2D eigenvalue weighted by Gasteiger charge is -2.24. The van der Waals surface area contributed by atoms with Gasteiger partial charge in [0.25, 0.3) is 0 Å². The summed E-state index contributed by atoms with van der Waals surface area (Å²) in [6, 6.07) is 7.30. The lowest BCUT2D eigenvalue weighted by atomic mass is 10.0. The molecule has 7 nitrogen and oxygen atoms in total. The van der Waals surface area contributed by atoms with Crippen molar-refractivity contribution < 1.29 is 14.4 Å². The molecule has 2 amide bonds. The molecule has 0 fully saturated rings. The second-order valence-corrected chi connectivity index (χ2v) is 7.48. The normalized spacial score (nSPS) is 13.3. The highest BCUT2D eigenvalue weighted by Crippen LogP contribution is 2.08. The van der Waals surface area contributed by atoms with Crippen molar-refractivity contribution in [3.8, 4) is 0 Å². The number of ketones is 1. The molecule has 0 aliphatic carbocycles. The maximum absolute atomic E-state index is 12.9. The molecule has 0 spiro atoms. The number of carbonyl (C=O) groups is 3. The molecule has 0 radical (unpaired) electrons. The molecule has 0 heterocycles. The van der Waals surface area contributed by atoms with Gasteiger partial charge in [-0.3, -0.25) is 14.4 Å². The van der Waals surface area contributed by atoms with E-state index in [2.05, 4.69) is 10.6 Å². The van der Waals surface area contributed by atoms with Crippen molar-refractivity contribution in [1.29, 1.82) is 0 Å². The molecule has 0 bridgehead atoms. The zero-order valence-electron chi connectivity index (χ0n) is 17.9. The van der Waals surface area contributed by atoms with E-state index in [0.29, 0.717) is 19.4 Å². The second-order valence-electron chi connectivity index (χ2n) is 7.48. The van der Waals surface area contributed by atoms with E-state index in [9.17, 15) is 14.4 Å². The minimum atomic E-state index is -0.809. The molecule has 0 saturated heterocycles. The predicted molar refractivity (Wildman–Crippen MR) is 125 cm³/mol. The number of carbonyl (C=O) groups excluding carboxylic acids is 3. The Balaban J connectivity index is 0. The van der Waals surface area contributed by atoms with E-state index in [1.165, 1.54) is 6.92 Å². The Hall–Kier alpha value is -1.67. The molecule has 6 N–H and O–H groups in total. The summed E-state index contributed by atoms with van der Waals surface area (Å²) < 4.78 is 0. The lowest BCUT2D eigenvalue weighted by molar-refractivity contribution is -0.132. The van der Waals surface area contributed by atoms with E-state index in [1.807, 2.05) is 44.2 Å². The van der Waals surface area contributed by atoms with Gasteiger partial charge in [-0.25, -0.2) is 0 Å². The van der Waals surface area contributed by atoms with Crippen molar-refractivity contribution in [2.45, 2.75) is 64.6 Å². The molecule has 0 aliphatic heterocycles. The number of hydrogen-bond acceptors (Lipinski definition) is 5. The summed E-state index contributed by atoms with van der Waals surface area (Å²) in [6.07, 6.45) is 2.37. The van der Waals surface area contributed by atoms with E-state index >= 15 is 0 Å². The van der Waals surface area contributed by atoms with Crippen molar-refractivity contribution in [2.75, 3.05) is 6.54 Å². The van der Waals surface area contributed by atoms with Crippen LogP contribution in [0.3, 0.4) is 0 Å². The van der Waals surface area contributed by atoms with Gasteiger partial charge in [-0.2, -0.15) is 0 Å². The molecule has 1 aromatic rings. The van der Waals surface area contributed by atoms with Crippen molar-refractivity contribution in [3.05, 3.63) is 35.9 Å². The van der Waals surface area contributed by atoms with Crippen LogP contribution < -0.4 is 22.1 Å². The van der Waals surface area contributed by atoms with Gasteiger partial charge in [0.05, 0.1) is 12.1 Å². The van der Waals surface area contributed by atoms with Crippen LogP contribution in [0.2, 0.25) is 0 Å². The third-order valence-electron chi connectivity index (χ3n) is 4.69. The van der Waals surface area contributed by atoms with E-state index in [-0.39, 0.29) is 48.3 Å². The highest BCUT2D eigenvalue weighted by Gasteiger charge is 2.27. The first-order chi connectivity index (χ1) is 13.3. The molecule has 9 heteroatoms. The summed E-state index contributed by atoms with van der Waals surface area (Å²) in [5, 5.41) is 5.54. The van der Waals surface area contributed by atoms with Gasteiger partial charge in [-0.15, -0.1) is 24.8 Å². The fraction of sp³-hybridized carbons (Fsp3) is 0.571. The van der Waals surface area contributed by atoms with Crippen LogP contribution in [0.4, 0.5) is 0 Å². The van der Waals surface area contributed by atoms with Crippen molar-refractivity contribution in [2.24, 2.45) is 17.4 Å². The number of Topliss-reactive ketones (excluding diaryl/α,β-unsaturated/α-hetero) is 1. The van der Waals surface area contributed by atoms with Crippen LogP contribution >= 0.6 is 24.8 Å². The predicted octanol–water partition coefficient (Wildman–Crippen LogP) is 1.74. The van der Waals surface area contributed by atoms with E-state index in [4.69, 9.17) is 11.5 Å². The van der Waals surface area contributed by atoms with Crippen LogP contribution in [-0.2, 0) is 20.8 Å². The molecule has 0 aromatic heterocycles. The van der Waals surface area contributed by atoms with Gasteiger partial charge in [0, 0.05) is 6.42 Å². The summed E-state index contributed by atoms with van der Waals surface area (Å²) in [5.74, 6) is -0.939. The molecule has 1 aromatic carbocycles. The van der Waals surface area contributed by atoms with Gasteiger partial charge >= 0.3 is 0 Å². The summed E-state index contributed by atoms with van der Waals surface area (Å²) in [4.78, 5) is 37.2. The molecule has 3 atom stereocenters. The molecular formula is C21H36Cl2N4O3. The molecule has 0 aliphatic rings. The molecule has 0 unspecified atom stereocenters. The standard InChI is InChI=1S/C21H34N4O3.2ClH/c1-14(2)19(23)21(28)25-18(13-16-9-5-4-6-10-16)20(27)24-17(15(3)26)11-7-8-12-22;;/h4-6,9-10,14,17-19H,7-8,11-13,22-23H2,1-3H3,(H,24,27)(H,25,28);2*1H/t17-,18-,19+;;/m0../s1. The fourth-order valence-corrected chi connectivity index (χ4v) is 2.77. The van der Waals surface area contributed by atoms with Gasteiger partial charge < -0.3 is 22.1 Å². The van der Waals surface area contributed by atoms with Crippen LogP contribution in [0, 0.1) is 5.92 Å². The van der Waals surface area contributed by atoms with Crippen molar-refractivity contribution >= 4 is 42.4 Å². The third kappa shape index (κ3) is 10.9. The monoisotopic (exact) mass is 462 g/mol. The molecule has 172 valence electrons. The SMILES string of the molecule is CC(=O)[C@H](CCCCN)NC(=O)[C@H](Cc1ccccc1)NC(=O)[C@H](N)C(C)C.Cl.Cl. The number of halogens is 2. The minimum Gasteiger partial charge on any atom is -0.345 e. The first-order valence-electron chi connectivity index (χ1n) is 9.87. The van der Waals surface area contributed by atoms with Gasteiger partial charge in [0.15, 0.2) is 5.78 Å². The van der Waals surface area contributed by atoms with Gasteiger partial charge in [-0.05, 0) is 44.2 Å². The van der Waals surface area contributed by atoms with Gasteiger partial charge in [0.1, 0.15) is 6.04 Å². The molecule has 1 rings (SSSR count). The average molecular weight is 463 g/mol. The van der Waals surface area contributed by atoms with E-state index in [1.54, 1.807) is 0 Å². The van der Waals surface area contributed by atoms with Crippen LogP contribution in [0.5, 0.6) is 0 Å². The Kier molecular flexibility index (Phi) is 16.4. The summed E-state index contributed by atoms with van der Waals surface area (Å²) in [5.41, 5.74) is 12.3. The maximum Gasteiger partial charge on any atom is 0.243 e. The summed E-state index contributed by atoms with van der Waals surface area (Å²) >= 11 is 0. The highest BCUT2D eigenvalue weighted by molar-refractivity contribution is 5.93. The number of benzene rings is 1. The first kappa shape index (κ1) is 30.5. The Bertz CT molecular complexity index is 644. The fourth-order valence-electron chi connectivity index (χ4n) is 2.77. The van der Waals surface area contributed by atoms with Gasteiger partial charge in [0.2, 0.25) is 11.8 Å². The van der Waals surface area contributed by atoms with Crippen LogP contribution in [-0.4, -0.2) is 42.3 Å². The van der Waals surface area contributed by atoms with Crippen LogP contribution in [0.25, 0.3) is 0 Å². The molecule has 0 saturated carbocycles. The molecular weight excluding hydrogens is 427 g/mol. The highest BCUT2D eigenvalue weighted by atomic mass is 35.5. The topological polar surface area (TPSA) is 127 Å². The number of hydrogen-bond donors (Lipinski definition) is 4. The number of nitrogens with one attached hydrogen (secondary N) is 2. The zero-order chi connectivity index (χ0) is 21.1. The number of nitrogens with two attached hydrogens (primary N) is 2. The Morgan fingerprint density at radius 3 is 2.00 bits per heavy atom. The van der Waals surface area contributed by atoms with Crippen LogP contribution in [0.15, 0.2) is 30.3 Å². The van der Waals surface area contributed by atoms with Crippen molar-refractivity contribution in [3.63, 3.8) is 0 Å². The number of rotatable bonds is 12. The number of amides is 2. The van der Waals surface area contributed by atoms with Crippen LogP contribution in [0.1, 0.15) is 45.6 Å². The van der Waals surface area contributed by atoms with Gasteiger partial charge in [-0.1, -0.05) is 44.2 Å². The minimum absolute atomic E-state index is 0. The van der Waals surface area contributed by atoms with E-state index in [0.717, 1.165) is 18.4 Å². The maximum atomic E-state index is 12.9. The first-order valence-corrected chi connectivity index (χ1v) is 9.87. The average Bonchev–Trinajstić information content (AvgIpc) is 2.66. The third-order valence-corrected chi connectivity index (χ3v) is 4.69. The Labute approximate surface area is 191 Å². The number of unbranched alkanes of at least 4 members (excludes halogenated alkanes) is 1. The molecule has 30 heavy (non-hydrogen) atoms. The zero-order valence-corrected chi connectivity index (χ0v) is 19.6. The van der Waals surface area contributed by atoms with Crippen molar-refractivity contribution in [1.82, 2.24) is 10.6 Å².